The fourth-order valence-corrected chi connectivity index (χ4v) is 4.50. The maximum atomic E-state index is 13.4. The van der Waals surface area contributed by atoms with Crippen LogP contribution in [0.4, 0.5) is 4.39 Å². The summed E-state index contributed by atoms with van der Waals surface area (Å²) in [5, 5.41) is 0. The first kappa shape index (κ1) is 15.2. The highest BCUT2D eigenvalue weighted by Crippen LogP contribution is 2.40. The van der Waals surface area contributed by atoms with Gasteiger partial charge in [0, 0.05) is 17.4 Å². The predicted octanol–water partition coefficient (Wildman–Crippen LogP) is 4.98. The summed E-state index contributed by atoms with van der Waals surface area (Å²) in [5.74, 6) is 0.961. The second-order valence-corrected chi connectivity index (χ2v) is 7.37. The summed E-state index contributed by atoms with van der Waals surface area (Å²) in [6.07, 6.45) is 8.58. The number of hydrogen-bond acceptors (Lipinski definition) is 2. The molecule has 2 nitrogen and oxygen atoms in total. The van der Waals surface area contributed by atoms with Crippen LogP contribution in [0.15, 0.2) is 18.2 Å². The molecule has 0 amide bonds. The van der Waals surface area contributed by atoms with Gasteiger partial charge in [0.2, 0.25) is 0 Å². The summed E-state index contributed by atoms with van der Waals surface area (Å²) in [4.78, 5) is 4.50. The number of halogens is 2. The van der Waals surface area contributed by atoms with Crippen LogP contribution in [0.1, 0.15) is 37.9 Å². The number of fused-ring (bicyclic) bond motifs is 1. The van der Waals surface area contributed by atoms with E-state index >= 15 is 0 Å². The van der Waals surface area contributed by atoms with E-state index in [0.29, 0.717) is 11.4 Å². The Balaban J connectivity index is 2.02. The fraction of sp³-hybridized carbons (Fsp3) is 0.562. The number of benzene rings is 1. The zero-order chi connectivity index (χ0) is 14.9. The van der Waals surface area contributed by atoms with Crippen LogP contribution >= 0.6 is 23.4 Å². The number of alkyl halides is 1. The Bertz CT molecular complexity index is 634. The van der Waals surface area contributed by atoms with E-state index in [1.807, 2.05) is 17.8 Å². The molecule has 1 saturated carbocycles. The van der Waals surface area contributed by atoms with Crippen LogP contribution in [0.2, 0.25) is 0 Å². The van der Waals surface area contributed by atoms with Crippen molar-refractivity contribution in [3.8, 4) is 0 Å². The second-order valence-electron chi connectivity index (χ2n) is 5.83. The van der Waals surface area contributed by atoms with Gasteiger partial charge in [0.25, 0.3) is 0 Å². The maximum absolute atomic E-state index is 13.4. The number of hydrogen-bond donors (Lipinski definition) is 0. The Hall–Kier alpha value is -0.740. The van der Waals surface area contributed by atoms with E-state index in [0.717, 1.165) is 17.9 Å². The molecule has 0 unspecified atom stereocenters. The first-order valence-electron chi connectivity index (χ1n) is 7.43. The van der Waals surface area contributed by atoms with E-state index in [9.17, 15) is 4.39 Å². The van der Waals surface area contributed by atoms with Gasteiger partial charge in [-0.3, -0.25) is 0 Å². The molecule has 0 N–H and O–H groups in total. The molecule has 114 valence electrons. The lowest BCUT2D eigenvalue weighted by Crippen LogP contribution is -2.33. The lowest BCUT2D eigenvalue weighted by Gasteiger charge is -2.36. The SMILES string of the molecule is CSC1(Cn2c(CCl)nc3cc(F)ccc32)CCCCC1. The predicted molar refractivity (Wildman–Crippen MR) is 88.6 cm³/mol. The molecule has 1 aliphatic rings. The summed E-state index contributed by atoms with van der Waals surface area (Å²) in [6.45, 7) is 0.915. The van der Waals surface area contributed by atoms with Gasteiger partial charge in [-0.05, 0) is 31.2 Å². The molecular formula is C16H20ClFN2S. The topological polar surface area (TPSA) is 17.8 Å². The van der Waals surface area contributed by atoms with Crippen LogP contribution in [-0.2, 0) is 12.4 Å². The maximum Gasteiger partial charge on any atom is 0.125 e. The average molecular weight is 327 g/mol. The first-order chi connectivity index (χ1) is 10.2. The number of thioether (sulfide) groups is 1. The summed E-state index contributed by atoms with van der Waals surface area (Å²) >= 11 is 8.02. The fourth-order valence-electron chi connectivity index (χ4n) is 3.34. The first-order valence-corrected chi connectivity index (χ1v) is 9.19. The molecule has 2 aromatic rings. The van der Waals surface area contributed by atoms with Crippen molar-refractivity contribution in [2.75, 3.05) is 6.26 Å². The summed E-state index contributed by atoms with van der Waals surface area (Å²) < 4.78 is 15.9. The van der Waals surface area contributed by atoms with Gasteiger partial charge in [-0.2, -0.15) is 11.8 Å². The highest BCUT2D eigenvalue weighted by atomic mass is 35.5. The number of imidazole rings is 1. The van der Waals surface area contributed by atoms with Crippen LogP contribution < -0.4 is 0 Å². The summed E-state index contributed by atoms with van der Waals surface area (Å²) in [5.41, 5.74) is 1.70. The van der Waals surface area contributed by atoms with Crippen molar-refractivity contribution in [3.63, 3.8) is 0 Å². The highest BCUT2D eigenvalue weighted by molar-refractivity contribution is 8.00. The summed E-state index contributed by atoms with van der Waals surface area (Å²) in [6, 6.07) is 4.82. The highest BCUT2D eigenvalue weighted by Gasteiger charge is 2.32. The molecule has 0 atom stereocenters. The van der Waals surface area contributed by atoms with Gasteiger partial charge in [-0.25, -0.2) is 9.37 Å². The molecule has 0 bridgehead atoms. The lowest BCUT2D eigenvalue weighted by atomic mass is 9.88. The minimum atomic E-state index is -0.245. The summed E-state index contributed by atoms with van der Waals surface area (Å²) in [7, 11) is 0. The van der Waals surface area contributed by atoms with Crippen molar-refractivity contribution < 1.29 is 4.39 Å². The molecule has 1 heterocycles. The van der Waals surface area contributed by atoms with E-state index in [1.54, 1.807) is 0 Å². The van der Waals surface area contributed by atoms with Crippen LogP contribution in [0, 0.1) is 5.82 Å². The Morgan fingerprint density at radius 3 is 2.76 bits per heavy atom. The third kappa shape index (κ3) is 2.93. The zero-order valence-corrected chi connectivity index (χ0v) is 13.8. The van der Waals surface area contributed by atoms with E-state index < -0.39 is 0 Å². The molecule has 0 radical (unpaired) electrons. The third-order valence-electron chi connectivity index (χ3n) is 4.55. The number of aromatic nitrogens is 2. The largest absolute Gasteiger partial charge is 0.326 e. The molecule has 0 spiro atoms. The van der Waals surface area contributed by atoms with E-state index in [-0.39, 0.29) is 10.6 Å². The van der Waals surface area contributed by atoms with Gasteiger partial charge in [-0.1, -0.05) is 19.3 Å². The molecule has 5 heteroatoms. The monoisotopic (exact) mass is 326 g/mol. The van der Waals surface area contributed by atoms with Crippen LogP contribution in [-0.4, -0.2) is 20.6 Å². The molecule has 1 aromatic heterocycles. The normalized spacial score (nSPS) is 18.2. The Labute approximate surface area is 134 Å². The molecule has 0 saturated heterocycles. The van der Waals surface area contributed by atoms with Crippen molar-refractivity contribution in [1.29, 1.82) is 0 Å². The number of rotatable bonds is 4. The Kier molecular flexibility index (Phi) is 4.46. The van der Waals surface area contributed by atoms with Gasteiger partial charge in [-0.15, -0.1) is 11.6 Å². The van der Waals surface area contributed by atoms with Crippen molar-refractivity contribution in [1.82, 2.24) is 9.55 Å². The van der Waals surface area contributed by atoms with Gasteiger partial charge in [0.05, 0.1) is 16.9 Å². The molecule has 3 rings (SSSR count). The van der Waals surface area contributed by atoms with E-state index in [4.69, 9.17) is 11.6 Å². The van der Waals surface area contributed by atoms with Crippen LogP contribution in [0.3, 0.4) is 0 Å². The quantitative estimate of drug-likeness (QED) is 0.737. The van der Waals surface area contributed by atoms with Gasteiger partial charge in [0.1, 0.15) is 11.6 Å². The molecule has 1 aliphatic carbocycles. The van der Waals surface area contributed by atoms with Gasteiger partial charge >= 0.3 is 0 Å². The van der Waals surface area contributed by atoms with Crippen LogP contribution in [0.25, 0.3) is 11.0 Å². The molecule has 21 heavy (non-hydrogen) atoms. The Morgan fingerprint density at radius 2 is 2.10 bits per heavy atom. The molecule has 1 aromatic carbocycles. The van der Waals surface area contributed by atoms with Crippen molar-refractivity contribution in [3.05, 3.63) is 29.8 Å². The number of nitrogens with zero attached hydrogens (tertiary/aromatic N) is 2. The Morgan fingerprint density at radius 1 is 1.33 bits per heavy atom. The van der Waals surface area contributed by atoms with Crippen molar-refractivity contribution in [2.24, 2.45) is 0 Å². The van der Waals surface area contributed by atoms with Gasteiger partial charge < -0.3 is 4.57 Å². The van der Waals surface area contributed by atoms with Crippen LogP contribution in [0.5, 0.6) is 0 Å². The zero-order valence-electron chi connectivity index (χ0n) is 12.2. The third-order valence-corrected chi connectivity index (χ3v) is 6.20. The molecule has 0 aliphatic heterocycles. The minimum Gasteiger partial charge on any atom is -0.326 e. The lowest BCUT2D eigenvalue weighted by molar-refractivity contribution is 0.359. The minimum absolute atomic E-state index is 0.245. The average Bonchev–Trinajstić information content (AvgIpc) is 2.85. The molecule has 1 fully saturated rings. The van der Waals surface area contributed by atoms with E-state index in [2.05, 4.69) is 15.8 Å². The smallest absolute Gasteiger partial charge is 0.125 e. The second kappa shape index (κ2) is 6.17. The standard InChI is InChI=1S/C16H20ClFN2S/c1-21-16(7-3-2-4-8-16)11-20-14-6-5-12(18)9-13(14)19-15(20)10-17/h5-6,9H,2-4,7-8,10-11H2,1H3. The van der Waals surface area contributed by atoms with Gasteiger partial charge in [0.15, 0.2) is 0 Å². The molecular weight excluding hydrogens is 307 g/mol. The van der Waals surface area contributed by atoms with Crippen molar-refractivity contribution in [2.45, 2.75) is 49.3 Å². The van der Waals surface area contributed by atoms with Crippen molar-refractivity contribution >= 4 is 34.4 Å². The van der Waals surface area contributed by atoms with E-state index in [1.165, 1.54) is 44.2 Å².